The normalized spacial score (nSPS) is 12.1. The highest BCUT2D eigenvalue weighted by Gasteiger charge is 2.26. The summed E-state index contributed by atoms with van der Waals surface area (Å²) >= 11 is 0. The first-order chi connectivity index (χ1) is 25.5. The van der Waals surface area contributed by atoms with Gasteiger partial charge < -0.3 is 49.6 Å². The topological polar surface area (TPSA) is 212 Å². The number of carboxylic acid groups (broad SMARTS) is 2. The molecule has 0 fully saturated rings. The van der Waals surface area contributed by atoms with E-state index in [0.29, 0.717) is 28.6 Å². The van der Waals surface area contributed by atoms with Crippen LogP contribution in [0.1, 0.15) is 28.2 Å². The predicted molar refractivity (Wildman–Crippen MR) is 208 cm³/mol. The van der Waals surface area contributed by atoms with Gasteiger partial charge in [0.2, 0.25) is 0 Å². The number of ether oxygens (including phenoxy) is 3. The average molecular weight is 745 g/mol. The van der Waals surface area contributed by atoms with Gasteiger partial charge in [0.1, 0.15) is 34.8 Å². The number of nitrogens with two attached hydrogens (primary N) is 2. The van der Waals surface area contributed by atoms with E-state index < -0.39 is 28.9 Å². The lowest BCUT2D eigenvalue weighted by Crippen LogP contribution is -2.32. The number of hydrogen-bond acceptors (Lipinski definition) is 9. The van der Waals surface area contributed by atoms with E-state index in [4.69, 9.17) is 35.9 Å². The molecule has 2 unspecified atom stereocenters. The molecule has 3 aromatic heterocycles. The van der Waals surface area contributed by atoms with Gasteiger partial charge in [0.25, 0.3) is 5.69 Å². The standard InChI is InChI=1S/C14H17N3O5.C14H18N2O3.C11H13NO/c1-7-8(6-9(15)14(18)19)12-11(22-3)5-4-10(17(20)21)13(12)16(7)2;1-8-9(7-10(15)14(17)18)13-11(16(8)2)5-4-6-12(13)19-3;1-8-7-9-10(12(8)2)5-4-6-11(9)13-3/h4-5,9H,6,15H2,1-3H3,(H,18,19);4-6,10H,7,15H2,1-3H3,(H,17,18);4-7H,1-3H3. The summed E-state index contributed by atoms with van der Waals surface area (Å²) in [5, 5.41) is 31.9. The minimum atomic E-state index is -1.12. The number of hydrogen-bond donors (Lipinski definition) is 4. The minimum Gasteiger partial charge on any atom is -0.496 e. The maximum Gasteiger partial charge on any atom is 0.320 e. The number of aryl methyl sites for hydroxylation is 4. The van der Waals surface area contributed by atoms with Crippen molar-refractivity contribution in [2.24, 2.45) is 32.6 Å². The van der Waals surface area contributed by atoms with Gasteiger partial charge in [-0.1, -0.05) is 12.1 Å². The Morgan fingerprint density at radius 1 is 0.722 bits per heavy atom. The quantitative estimate of drug-likeness (QED) is 0.104. The van der Waals surface area contributed by atoms with Gasteiger partial charge in [-0.05, 0) is 68.3 Å². The van der Waals surface area contributed by atoms with Crippen LogP contribution in [-0.4, -0.2) is 74.2 Å². The van der Waals surface area contributed by atoms with E-state index in [1.165, 1.54) is 35.8 Å². The van der Waals surface area contributed by atoms with Gasteiger partial charge in [-0.15, -0.1) is 0 Å². The third kappa shape index (κ3) is 7.82. The summed E-state index contributed by atoms with van der Waals surface area (Å²) < 4.78 is 21.8. The number of non-ortho nitro benzene ring substituents is 1. The van der Waals surface area contributed by atoms with E-state index in [9.17, 15) is 19.7 Å². The zero-order valence-corrected chi connectivity index (χ0v) is 32.0. The number of nitro benzene ring substituents is 1. The van der Waals surface area contributed by atoms with Crippen LogP contribution in [0.4, 0.5) is 5.69 Å². The predicted octanol–water partition coefficient (Wildman–Crippen LogP) is 5.30. The van der Waals surface area contributed by atoms with Crippen molar-refractivity contribution in [1.82, 2.24) is 13.7 Å². The average Bonchev–Trinajstić information content (AvgIpc) is 3.69. The Labute approximate surface area is 312 Å². The summed E-state index contributed by atoms with van der Waals surface area (Å²) in [6, 6.07) is 14.9. The Morgan fingerprint density at radius 3 is 1.72 bits per heavy atom. The minimum absolute atomic E-state index is 0.0588. The van der Waals surface area contributed by atoms with Crippen LogP contribution < -0.4 is 25.7 Å². The largest absolute Gasteiger partial charge is 0.496 e. The van der Waals surface area contributed by atoms with Gasteiger partial charge in [-0.3, -0.25) is 19.7 Å². The van der Waals surface area contributed by atoms with Crippen LogP contribution in [0, 0.1) is 30.9 Å². The highest BCUT2D eigenvalue weighted by atomic mass is 16.6. The van der Waals surface area contributed by atoms with Crippen molar-refractivity contribution in [3.05, 3.63) is 92.9 Å². The Hall–Kier alpha value is -6.06. The monoisotopic (exact) mass is 744 g/mol. The van der Waals surface area contributed by atoms with Crippen molar-refractivity contribution < 1.29 is 38.9 Å². The van der Waals surface area contributed by atoms with Gasteiger partial charge >= 0.3 is 11.9 Å². The van der Waals surface area contributed by atoms with Gasteiger partial charge in [-0.25, -0.2) is 0 Å². The molecule has 15 nitrogen and oxygen atoms in total. The van der Waals surface area contributed by atoms with Crippen LogP contribution in [0.3, 0.4) is 0 Å². The summed E-state index contributed by atoms with van der Waals surface area (Å²) in [5.74, 6) is 0.0268. The van der Waals surface area contributed by atoms with E-state index in [0.717, 1.165) is 39.4 Å². The number of nitrogens with zero attached hydrogens (tertiary/aromatic N) is 4. The number of aliphatic carboxylic acids is 2. The number of aromatic nitrogens is 3. The molecule has 0 aliphatic rings. The number of carboxylic acids is 2. The Kier molecular flexibility index (Phi) is 12.6. The van der Waals surface area contributed by atoms with Crippen LogP contribution in [0.5, 0.6) is 17.2 Å². The molecule has 6 aromatic rings. The fourth-order valence-electron chi connectivity index (χ4n) is 6.66. The van der Waals surface area contributed by atoms with E-state index in [-0.39, 0.29) is 12.1 Å². The molecule has 0 aliphatic heterocycles. The molecule has 0 amide bonds. The third-order valence-corrected chi connectivity index (χ3v) is 9.93. The molecule has 3 aromatic carbocycles. The summed E-state index contributed by atoms with van der Waals surface area (Å²) in [4.78, 5) is 32.7. The summed E-state index contributed by atoms with van der Waals surface area (Å²) in [6.07, 6.45) is 0.356. The summed E-state index contributed by atoms with van der Waals surface area (Å²) in [6.45, 7) is 5.83. The van der Waals surface area contributed by atoms with E-state index >= 15 is 0 Å². The van der Waals surface area contributed by atoms with Crippen LogP contribution in [0.2, 0.25) is 0 Å². The number of fused-ring (bicyclic) bond motifs is 3. The molecule has 54 heavy (non-hydrogen) atoms. The summed E-state index contributed by atoms with van der Waals surface area (Å²) in [5.41, 5.74) is 18.4. The first-order valence-electron chi connectivity index (χ1n) is 17.0. The lowest BCUT2D eigenvalue weighted by Gasteiger charge is -2.09. The van der Waals surface area contributed by atoms with E-state index in [1.54, 1.807) is 32.8 Å². The fourth-order valence-corrected chi connectivity index (χ4v) is 6.66. The fraction of sp³-hybridized carbons (Fsp3) is 0.333. The molecule has 0 saturated carbocycles. The van der Waals surface area contributed by atoms with Crippen molar-refractivity contribution in [3.63, 3.8) is 0 Å². The van der Waals surface area contributed by atoms with E-state index in [2.05, 4.69) is 30.7 Å². The molecule has 6 N–H and O–H groups in total. The molecule has 3 heterocycles. The SMILES string of the molecule is COc1ccc([N+](=O)[O-])c2c1c(CC(N)C(=O)O)c(C)n2C.COc1cccc2c1c(CC(N)C(=O)O)c(C)n2C.COc1cccc2c1cc(C)n2C. The van der Waals surface area contributed by atoms with Crippen molar-refractivity contribution in [2.75, 3.05) is 21.3 Å². The first kappa shape index (κ1) is 40.7. The zero-order valence-electron chi connectivity index (χ0n) is 32.0. The number of benzene rings is 3. The maximum atomic E-state index is 11.3. The lowest BCUT2D eigenvalue weighted by atomic mass is 10.0. The van der Waals surface area contributed by atoms with Gasteiger partial charge in [0.15, 0.2) is 0 Å². The second kappa shape index (κ2) is 16.7. The Morgan fingerprint density at radius 2 is 1.20 bits per heavy atom. The van der Waals surface area contributed by atoms with E-state index in [1.807, 2.05) is 48.9 Å². The maximum absolute atomic E-state index is 11.3. The molecule has 288 valence electrons. The molecular formula is C39H48N6O9. The molecule has 6 rings (SSSR count). The van der Waals surface area contributed by atoms with Crippen LogP contribution in [-0.2, 0) is 43.6 Å². The van der Waals surface area contributed by atoms with Crippen LogP contribution in [0.15, 0.2) is 54.6 Å². The second-order valence-corrected chi connectivity index (χ2v) is 12.9. The molecule has 15 heteroatoms. The zero-order chi connectivity index (χ0) is 40.2. The third-order valence-electron chi connectivity index (χ3n) is 9.93. The molecule has 0 bridgehead atoms. The second-order valence-electron chi connectivity index (χ2n) is 12.9. The van der Waals surface area contributed by atoms with Crippen molar-refractivity contribution >= 4 is 50.3 Å². The molecule has 0 aliphatic carbocycles. The number of methoxy groups -OCH3 is 3. The van der Waals surface area contributed by atoms with Crippen molar-refractivity contribution in [1.29, 1.82) is 0 Å². The number of nitro groups is 1. The smallest absolute Gasteiger partial charge is 0.320 e. The molecular weight excluding hydrogens is 696 g/mol. The molecule has 0 radical (unpaired) electrons. The number of carbonyl (C=O) groups is 2. The van der Waals surface area contributed by atoms with Crippen molar-refractivity contribution in [3.8, 4) is 17.2 Å². The first-order valence-corrected chi connectivity index (χ1v) is 17.0. The Balaban J connectivity index is 0.000000186. The van der Waals surface area contributed by atoms with Gasteiger partial charge in [-0.2, -0.15) is 0 Å². The highest BCUT2D eigenvalue weighted by molar-refractivity contribution is 5.98. The highest BCUT2D eigenvalue weighted by Crippen LogP contribution is 2.39. The van der Waals surface area contributed by atoms with Gasteiger partial charge in [0, 0.05) is 67.9 Å². The van der Waals surface area contributed by atoms with Crippen LogP contribution >= 0.6 is 0 Å². The molecule has 2 atom stereocenters. The van der Waals surface area contributed by atoms with Gasteiger partial charge in [0.05, 0.1) is 42.7 Å². The molecule has 0 spiro atoms. The molecule has 0 saturated heterocycles. The number of rotatable bonds is 10. The van der Waals surface area contributed by atoms with Crippen LogP contribution in [0.25, 0.3) is 32.7 Å². The lowest BCUT2D eigenvalue weighted by molar-refractivity contribution is -0.383. The Bertz CT molecular complexity index is 2350. The summed E-state index contributed by atoms with van der Waals surface area (Å²) in [7, 11) is 10.5. The van der Waals surface area contributed by atoms with Crippen molar-refractivity contribution in [2.45, 2.75) is 45.7 Å².